The number of furan rings is 1. The molecule has 1 aromatic heterocycles. The minimum atomic E-state index is 0.0429. The lowest BCUT2D eigenvalue weighted by atomic mass is 9.96. The Morgan fingerprint density at radius 3 is 2.39 bits per heavy atom. The molecule has 31 heavy (non-hydrogen) atoms. The third-order valence-electron chi connectivity index (χ3n) is 5.47. The van der Waals surface area contributed by atoms with E-state index in [0.29, 0.717) is 0 Å². The Morgan fingerprint density at radius 2 is 1.81 bits per heavy atom. The Hall–Kier alpha value is -2.53. The first kappa shape index (κ1) is 23.1. The zero-order valence-corrected chi connectivity index (χ0v) is 20.5. The molecule has 2 aromatic carbocycles. The van der Waals surface area contributed by atoms with Crippen LogP contribution in [0.25, 0.3) is 27.7 Å². The Balaban J connectivity index is 2.11. The molecule has 0 saturated heterocycles. The van der Waals surface area contributed by atoms with Crippen molar-refractivity contribution in [2.45, 2.75) is 40.5 Å². The second-order valence-corrected chi connectivity index (χ2v) is 8.68. The number of aryl methyl sites for hydroxylation is 1. The van der Waals surface area contributed by atoms with E-state index in [0.717, 1.165) is 74.9 Å². The number of allylic oxidation sites excluding steroid dienone is 1. The minimum absolute atomic E-state index is 0.0429. The number of amides is 1. The predicted octanol–water partition coefficient (Wildman–Crippen LogP) is 7.23. The largest absolute Gasteiger partial charge is 0.496 e. The molecule has 0 bridgehead atoms. The van der Waals surface area contributed by atoms with Crippen molar-refractivity contribution in [3.05, 3.63) is 58.3 Å². The number of benzene rings is 2. The van der Waals surface area contributed by atoms with Gasteiger partial charge in [0.25, 0.3) is 0 Å². The Morgan fingerprint density at radius 1 is 1.16 bits per heavy atom. The molecular formula is C26H30BrNO3. The van der Waals surface area contributed by atoms with Crippen molar-refractivity contribution in [3.63, 3.8) is 0 Å². The Labute approximate surface area is 193 Å². The van der Waals surface area contributed by atoms with Crippen molar-refractivity contribution in [2.24, 2.45) is 0 Å². The van der Waals surface area contributed by atoms with Gasteiger partial charge in [-0.1, -0.05) is 41.9 Å². The second kappa shape index (κ2) is 10.2. The minimum Gasteiger partial charge on any atom is -0.496 e. The van der Waals surface area contributed by atoms with Gasteiger partial charge in [-0.2, -0.15) is 0 Å². The van der Waals surface area contributed by atoms with Crippen molar-refractivity contribution in [1.82, 2.24) is 4.90 Å². The number of nitrogens with zero attached hydrogens (tertiary/aromatic N) is 1. The molecule has 0 atom stereocenters. The van der Waals surface area contributed by atoms with Gasteiger partial charge in [-0.3, -0.25) is 4.79 Å². The number of ether oxygens (including phenoxy) is 1. The lowest BCUT2D eigenvalue weighted by molar-refractivity contribution is -0.126. The molecule has 0 N–H and O–H groups in total. The summed E-state index contributed by atoms with van der Waals surface area (Å²) in [4.78, 5) is 14.8. The van der Waals surface area contributed by atoms with Gasteiger partial charge in [0.2, 0.25) is 5.91 Å². The summed E-state index contributed by atoms with van der Waals surface area (Å²) in [6, 6.07) is 10.2. The van der Waals surface area contributed by atoms with Gasteiger partial charge in [0.1, 0.15) is 11.3 Å². The first-order valence-corrected chi connectivity index (χ1v) is 11.5. The predicted molar refractivity (Wildman–Crippen MR) is 131 cm³/mol. The van der Waals surface area contributed by atoms with Crippen LogP contribution < -0.4 is 4.74 Å². The summed E-state index contributed by atoms with van der Waals surface area (Å²) in [5.41, 5.74) is 5.62. The fourth-order valence-electron chi connectivity index (χ4n) is 3.95. The summed E-state index contributed by atoms with van der Waals surface area (Å²) in [6.45, 7) is 9.68. The molecule has 4 nitrogen and oxygen atoms in total. The van der Waals surface area contributed by atoms with Crippen molar-refractivity contribution in [2.75, 3.05) is 20.2 Å². The van der Waals surface area contributed by atoms with Crippen molar-refractivity contribution >= 4 is 38.4 Å². The molecule has 1 heterocycles. The number of rotatable bonds is 8. The average molecular weight is 484 g/mol. The standard InChI is InChI=1S/C26H30BrNO3/c1-6-12-28(13-7-2)24(29)14-17(3)21-15-22-23(19-8-10-20(27)11-9-19)16-31-26(22)18(4)25(21)30-5/h8-11,14-16H,6-7,12-13H2,1-5H3/b17-14+. The highest BCUT2D eigenvalue weighted by atomic mass is 79.9. The third kappa shape index (κ3) is 4.87. The SMILES string of the molecule is CCCN(CCC)C(=O)/C=C(\C)c1cc2c(-c3ccc(Br)cc3)coc2c(C)c1OC. The van der Waals surface area contributed by atoms with E-state index in [2.05, 4.69) is 48.0 Å². The summed E-state index contributed by atoms with van der Waals surface area (Å²) >= 11 is 3.49. The van der Waals surface area contributed by atoms with Crippen LogP contribution in [0.1, 0.15) is 44.7 Å². The normalized spacial score (nSPS) is 11.7. The Kier molecular flexibility index (Phi) is 7.60. The van der Waals surface area contributed by atoms with Gasteiger partial charge >= 0.3 is 0 Å². The molecule has 0 spiro atoms. The molecule has 3 rings (SSSR count). The number of hydrogen-bond acceptors (Lipinski definition) is 3. The number of hydrogen-bond donors (Lipinski definition) is 0. The van der Waals surface area contributed by atoms with Crippen LogP contribution in [0.5, 0.6) is 5.75 Å². The van der Waals surface area contributed by atoms with E-state index in [1.54, 1.807) is 19.4 Å². The summed E-state index contributed by atoms with van der Waals surface area (Å²) in [5, 5.41) is 1.01. The van der Waals surface area contributed by atoms with Gasteiger partial charge in [-0.05, 0) is 56.0 Å². The van der Waals surface area contributed by atoms with Crippen molar-refractivity contribution in [1.29, 1.82) is 0 Å². The van der Waals surface area contributed by atoms with Crippen molar-refractivity contribution < 1.29 is 13.9 Å². The topological polar surface area (TPSA) is 42.7 Å². The van der Waals surface area contributed by atoms with Gasteiger partial charge in [-0.15, -0.1) is 0 Å². The molecule has 164 valence electrons. The maximum atomic E-state index is 12.9. The molecule has 0 unspecified atom stereocenters. The summed E-state index contributed by atoms with van der Waals surface area (Å²) in [5.74, 6) is 0.782. The average Bonchev–Trinajstić information content (AvgIpc) is 3.18. The first-order valence-electron chi connectivity index (χ1n) is 10.7. The van der Waals surface area contributed by atoms with Crippen molar-refractivity contribution in [3.8, 4) is 16.9 Å². The van der Waals surface area contributed by atoms with E-state index in [9.17, 15) is 4.79 Å². The van der Waals surface area contributed by atoms with Crippen LogP contribution in [0.2, 0.25) is 0 Å². The van der Waals surface area contributed by atoms with Crippen LogP contribution in [-0.2, 0) is 4.79 Å². The summed E-state index contributed by atoms with van der Waals surface area (Å²) < 4.78 is 12.7. The van der Waals surface area contributed by atoms with E-state index in [1.165, 1.54) is 0 Å². The summed E-state index contributed by atoms with van der Waals surface area (Å²) in [6.07, 6.45) is 5.41. The van der Waals surface area contributed by atoms with Crippen LogP contribution in [-0.4, -0.2) is 31.0 Å². The van der Waals surface area contributed by atoms with Gasteiger partial charge in [-0.25, -0.2) is 0 Å². The molecule has 1 amide bonds. The molecule has 0 radical (unpaired) electrons. The Bertz CT molecular complexity index is 1090. The van der Waals surface area contributed by atoms with Crippen LogP contribution >= 0.6 is 15.9 Å². The van der Waals surface area contributed by atoms with Crippen LogP contribution in [0.4, 0.5) is 0 Å². The zero-order chi connectivity index (χ0) is 22.5. The molecule has 3 aromatic rings. The van der Waals surface area contributed by atoms with E-state index >= 15 is 0 Å². The lowest BCUT2D eigenvalue weighted by Crippen LogP contribution is -2.31. The number of carbonyl (C=O) groups excluding carboxylic acids is 1. The number of carbonyl (C=O) groups is 1. The monoisotopic (exact) mass is 483 g/mol. The zero-order valence-electron chi connectivity index (χ0n) is 18.9. The molecular weight excluding hydrogens is 454 g/mol. The smallest absolute Gasteiger partial charge is 0.246 e. The number of methoxy groups -OCH3 is 1. The molecule has 0 saturated carbocycles. The molecule has 0 aliphatic rings. The fourth-order valence-corrected chi connectivity index (χ4v) is 4.22. The van der Waals surface area contributed by atoms with E-state index in [1.807, 2.05) is 30.9 Å². The quantitative estimate of drug-likeness (QED) is 0.317. The highest BCUT2D eigenvalue weighted by Gasteiger charge is 2.19. The third-order valence-corrected chi connectivity index (χ3v) is 6.00. The highest BCUT2D eigenvalue weighted by molar-refractivity contribution is 9.10. The summed E-state index contributed by atoms with van der Waals surface area (Å²) in [7, 11) is 1.66. The van der Waals surface area contributed by atoms with Crippen LogP contribution in [0.15, 0.2) is 51.6 Å². The van der Waals surface area contributed by atoms with Crippen LogP contribution in [0.3, 0.4) is 0 Å². The molecule has 0 aliphatic heterocycles. The highest BCUT2D eigenvalue weighted by Crippen LogP contribution is 2.40. The first-order chi connectivity index (χ1) is 14.9. The van der Waals surface area contributed by atoms with E-state index < -0.39 is 0 Å². The fraction of sp³-hybridized carbons (Fsp3) is 0.346. The van der Waals surface area contributed by atoms with Gasteiger partial charge in [0.15, 0.2) is 0 Å². The van der Waals surface area contributed by atoms with Crippen LogP contribution in [0, 0.1) is 6.92 Å². The maximum Gasteiger partial charge on any atom is 0.246 e. The lowest BCUT2D eigenvalue weighted by Gasteiger charge is -2.20. The van der Waals surface area contributed by atoms with Gasteiger partial charge in [0.05, 0.1) is 13.4 Å². The second-order valence-electron chi connectivity index (χ2n) is 7.77. The maximum absolute atomic E-state index is 12.9. The molecule has 0 fully saturated rings. The van der Waals surface area contributed by atoms with E-state index in [-0.39, 0.29) is 5.91 Å². The molecule has 5 heteroatoms. The van der Waals surface area contributed by atoms with E-state index in [4.69, 9.17) is 9.15 Å². The number of fused-ring (bicyclic) bond motifs is 1. The molecule has 0 aliphatic carbocycles. The number of halogens is 1. The van der Waals surface area contributed by atoms with Gasteiger partial charge in [0, 0.05) is 45.7 Å². The van der Waals surface area contributed by atoms with Gasteiger partial charge < -0.3 is 14.1 Å².